The molecule has 5 nitrogen and oxygen atoms in total. The van der Waals surface area contributed by atoms with E-state index >= 15 is 0 Å². The summed E-state index contributed by atoms with van der Waals surface area (Å²) in [5, 5.41) is 7.57. The highest BCUT2D eigenvalue weighted by Gasteiger charge is 1.92. The maximum atomic E-state index is 9.90. The van der Waals surface area contributed by atoms with Crippen molar-refractivity contribution in [3.63, 3.8) is 0 Å². The van der Waals surface area contributed by atoms with E-state index in [0.29, 0.717) is 0 Å². The third kappa shape index (κ3) is 3.58. The Morgan fingerprint density at radius 1 is 1.00 bits per heavy atom. The summed E-state index contributed by atoms with van der Waals surface area (Å²) in [4.78, 5) is 14.1. The van der Waals surface area contributed by atoms with Crippen LogP contribution >= 0.6 is 0 Å². The summed E-state index contributed by atoms with van der Waals surface area (Å²) in [6.45, 7) is 0. The molecular formula is C12H12N4O. The van der Waals surface area contributed by atoms with Crippen molar-refractivity contribution >= 4 is 16.8 Å². The van der Waals surface area contributed by atoms with Crippen molar-refractivity contribution in [1.29, 1.82) is 0 Å². The number of para-hydroxylation sites is 1. The van der Waals surface area contributed by atoms with E-state index in [1.807, 2.05) is 30.5 Å². The van der Waals surface area contributed by atoms with Gasteiger partial charge in [0.25, 0.3) is 5.91 Å². The highest BCUT2D eigenvalue weighted by molar-refractivity contribution is 5.89. The van der Waals surface area contributed by atoms with Gasteiger partial charge in [-0.2, -0.15) is 5.11 Å². The van der Waals surface area contributed by atoms with E-state index in [2.05, 4.69) is 27.3 Å². The summed E-state index contributed by atoms with van der Waals surface area (Å²) in [5.41, 5.74) is 1.06. The van der Waals surface area contributed by atoms with Gasteiger partial charge in [0.1, 0.15) is 0 Å². The fourth-order valence-corrected chi connectivity index (χ4v) is 1.24. The van der Waals surface area contributed by atoms with Crippen LogP contribution in [0.5, 0.6) is 0 Å². The molecule has 0 bridgehead atoms. The van der Waals surface area contributed by atoms with Gasteiger partial charge in [-0.25, -0.2) is 0 Å². The zero-order valence-corrected chi connectivity index (χ0v) is 9.15. The molecule has 1 aromatic heterocycles. The van der Waals surface area contributed by atoms with Crippen molar-refractivity contribution < 1.29 is 4.79 Å². The van der Waals surface area contributed by atoms with Crippen LogP contribution in [-0.4, -0.2) is 10.9 Å². The van der Waals surface area contributed by atoms with Gasteiger partial charge in [-0.3, -0.25) is 9.78 Å². The van der Waals surface area contributed by atoms with Gasteiger partial charge >= 0.3 is 0 Å². The zero-order chi connectivity index (χ0) is 11.2. The number of fused-ring (bicyclic) bond motifs is 1. The predicted octanol–water partition coefficient (Wildman–Crippen LogP) is 2.89. The lowest BCUT2D eigenvalue weighted by Crippen LogP contribution is -1.74. The van der Waals surface area contributed by atoms with Crippen molar-refractivity contribution in [3.8, 4) is 0 Å². The van der Waals surface area contributed by atoms with Crippen LogP contribution in [0.1, 0.15) is 0 Å². The molecular weight excluding hydrogens is 216 g/mol. The van der Waals surface area contributed by atoms with E-state index < -0.39 is 0 Å². The Morgan fingerprint density at radius 2 is 1.76 bits per heavy atom. The van der Waals surface area contributed by atoms with Crippen LogP contribution in [0, 0.1) is 0 Å². The van der Waals surface area contributed by atoms with E-state index in [1.165, 1.54) is 17.7 Å². The van der Waals surface area contributed by atoms with Gasteiger partial charge in [0.2, 0.25) is 0 Å². The molecule has 5 heteroatoms. The number of azo groups is 1. The van der Waals surface area contributed by atoms with E-state index in [0.717, 1.165) is 5.52 Å². The van der Waals surface area contributed by atoms with Crippen LogP contribution in [0.15, 0.2) is 65.1 Å². The number of pyridine rings is 1. The standard InChI is InChI=1S/C9H7N.C3H2N2O.H3N/c1-2-6-9-8(4-1)5-3-7-10-9;6-3-1-2-4-5-3;/h1-7H;1-2H;1H3. The molecule has 0 fully saturated rings. The normalized spacial score (nSPS) is 11.9. The van der Waals surface area contributed by atoms with Gasteiger partial charge in [0.15, 0.2) is 0 Å². The van der Waals surface area contributed by atoms with Crippen LogP contribution in [0.25, 0.3) is 10.9 Å². The summed E-state index contributed by atoms with van der Waals surface area (Å²) >= 11 is 0. The number of amides is 1. The molecule has 1 aliphatic rings. The molecule has 0 radical (unpaired) electrons. The van der Waals surface area contributed by atoms with E-state index in [-0.39, 0.29) is 12.1 Å². The van der Waals surface area contributed by atoms with Gasteiger partial charge in [0.05, 0.1) is 11.7 Å². The van der Waals surface area contributed by atoms with E-state index in [9.17, 15) is 4.79 Å². The van der Waals surface area contributed by atoms with Gasteiger partial charge in [0, 0.05) is 17.7 Å². The molecule has 86 valence electrons. The maximum Gasteiger partial charge on any atom is 0.289 e. The first-order chi connectivity index (χ1) is 7.86. The Hall–Kier alpha value is -2.40. The molecule has 17 heavy (non-hydrogen) atoms. The lowest BCUT2D eigenvalue weighted by molar-refractivity contribution is -0.113. The van der Waals surface area contributed by atoms with Gasteiger partial charge in [-0.05, 0) is 12.1 Å². The summed E-state index contributed by atoms with van der Waals surface area (Å²) in [6, 6.07) is 12.1. The zero-order valence-electron chi connectivity index (χ0n) is 9.15. The minimum atomic E-state index is -0.269. The number of hydrogen-bond acceptors (Lipinski definition) is 4. The number of nitrogens with zero attached hydrogens (tertiary/aromatic N) is 3. The first-order valence-corrected chi connectivity index (χ1v) is 4.77. The highest BCUT2D eigenvalue weighted by Crippen LogP contribution is 2.07. The molecule has 0 saturated heterocycles. The Kier molecular flexibility index (Phi) is 4.65. The summed E-state index contributed by atoms with van der Waals surface area (Å²) in [7, 11) is 0. The fraction of sp³-hybridized carbons (Fsp3) is 0. The Labute approximate surface area is 98.5 Å². The minimum absolute atomic E-state index is 0. The average molecular weight is 228 g/mol. The number of benzene rings is 1. The van der Waals surface area contributed by atoms with Crippen LogP contribution < -0.4 is 6.15 Å². The van der Waals surface area contributed by atoms with E-state index in [4.69, 9.17) is 0 Å². The van der Waals surface area contributed by atoms with Crippen molar-refractivity contribution in [1.82, 2.24) is 11.1 Å². The van der Waals surface area contributed by atoms with Crippen molar-refractivity contribution in [2.24, 2.45) is 10.2 Å². The largest absolute Gasteiger partial charge is 0.344 e. The third-order valence-corrected chi connectivity index (χ3v) is 1.95. The van der Waals surface area contributed by atoms with Gasteiger partial charge in [-0.15, -0.1) is 5.11 Å². The third-order valence-electron chi connectivity index (χ3n) is 1.95. The Balaban J connectivity index is 0.000000180. The quantitative estimate of drug-likeness (QED) is 0.751. The number of hydrogen-bond donors (Lipinski definition) is 1. The van der Waals surface area contributed by atoms with E-state index in [1.54, 1.807) is 0 Å². The fourth-order valence-electron chi connectivity index (χ4n) is 1.24. The van der Waals surface area contributed by atoms with Crippen LogP contribution in [0.4, 0.5) is 0 Å². The lowest BCUT2D eigenvalue weighted by atomic mass is 10.2. The monoisotopic (exact) mass is 228 g/mol. The first kappa shape index (κ1) is 12.7. The first-order valence-electron chi connectivity index (χ1n) is 4.77. The molecule has 0 aliphatic carbocycles. The maximum absolute atomic E-state index is 9.90. The lowest BCUT2D eigenvalue weighted by Gasteiger charge is -1.91. The molecule has 2 heterocycles. The van der Waals surface area contributed by atoms with Crippen molar-refractivity contribution in [2.75, 3.05) is 0 Å². The average Bonchev–Trinajstić information content (AvgIpc) is 2.81. The molecule has 0 saturated carbocycles. The second kappa shape index (κ2) is 6.24. The second-order valence-electron chi connectivity index (χ2n) is 3.07. The van der Waals surface area contributed by atoms with Crippen molar-refractivity contribution in [2.45, 2.75) is 0 Å². The van der Waals surface area contributed by atoms with Crippen molar-refractivity contribution in [3.05, 3.63) is 54.9 Å². The second-order valence-corrected chi connectivity index (χ2v) is 3.07. The van der Waals surface area contributed by atoms with Crippen LogP contribution in [-0.2, 0) is 4.79 Å². The Morgan fingerprint density at radius 3 is 2.35 bits per heavy atom. The molecule has 0 spiro atoms. The topological polar surface area (TPSA) is 89.7 Å². The van der Waals surface area contributed by atoms with Crippen LogP contribution in [0.3, 0.4) is 0 Å². The molecule has 0 unspecified atom stereocenters. The van der Waals surface area contributed by atoms with Crippen LogP contribution in [0.2, 0.25) is 0 Å². The molecule has 2 aromatic rings. The molecule has 3 N–H and O–H groups in total. The number of carbonyl (C=O) groups excluding carboxylic acids is 1. The molecule has 0 atom stereocenters. The molecule has 1 amide bonds. The number of carbonyl (C=O) groups is 1. The summed E-state index contributed by atoms with van der Waals surface area (Å²) in [6.07, 6.45) is 4.48. The smallest absolute Gasteiger partial charge is 0.289 e. The minimum Gasteiger partial charge on any atom is -0.344 e. The van der Waals surface area contributed by atoms with Gasteiger partial charge < -0.3 is 6.15 Å². The SMILES string of the molecule is N.O=C1C=CN=N1.c1ccc2ncccc2c1. The van der Waals surface area contributed by atoms with Gasteiger partial charge in [-0.1, -0.05) is 24.3 Å². The number of aromatic nitrogens is 1. The summed E-state index contributed by atoms with van der Waals surface area (Å²) < 4.78 is 0. The Bertz CT molecular complexity index is 484. The summed E-state index contributed by atoms with van der Waals surface area (Å²) in [5.74, 6) is -0.269. The highest BCUT2D eigenvalue weighted by atomic mass is 16.1. The molecule has 1 aromatic carbocycles. The molecule has 1 aliphatic heterocycles. The predicted molar refractivity (Wildman–Crippen MR) is 65.8 cm³/mol. The molecule has 3 rings (SSSR count). The number of rotatable bonds is 0.